The zero-order chi connectivity index (χ0) is 12.3. The van der Waals surface area contributed by atoms with Crippen molar-refractivity contribution in [1.29, 1.82) is 0 Å². The quantitative estimate of drug-likeness (QED) is 0.306. The molecule has 0 amide bonds. The van der Waals surface area contributed by atoms with Crippen molar-refractivity contribution in [2.45, 2.75) is 50.7 Å². The van der Waals surface area contributed by atoms with Crippen LogP contribution in [0.1, 0.15) is 45.4 Å². The zero-order valence-electron chi connectivity index (χ0n) is 11.7. The van der Waals surface area contributed by atoms with Crippen LogP contribution in [0.2, 0.25) is 0 Å². The van der Waals surface area contributed by atoms with Crippen LogP contribution in [0.4, 0.5) is 0 Å². The molecule has 0 saturated carbocycles. The summed E-state index contributed by atoms with van der Waals surface area (Å²) in [5, 5.41) is 7.59. The van der Waals surface area contributed by atoms with E-state index in [9.17, 15) is 0 Å². The Hall–Kier alpha value is 0.350. The third kappa shape index (κ3) is 8.45. The lowest BCUT2D eigenvalue weighted by Gasteiger charge is -2.14. The van der Waals surface area contributed by atoms with Crippen LogP contribution in [-0.2, 0) is 0 Å². The van der Waals surface area contributed by atoms with Gasteiger partial charge in [-0.3, -0.25) is 4.99 Å². The van der Waals surface area contributed by atoms with Crippen molar-refractivity contribution in [3.8, 4) is 0 Å². The van der Waals surface area contributed by atoms with Crippen LogP contribution in [0.5, 0.6) is 0 Å². The number of hydrogen-bond acceptors (Lipinski definition) is 2. The Morgan fingerprint density at radius 2 is 2.11 bits per heavy atom. The Balaban J connectivity index is 0.00000289. The van der Waals surface area contributed by atoms with E-state index in [0.717, 1.165) is 24.3 Å². The summed E-state index contributed by atoms with van der Waals surface area (Å²) in [6.07, 6.45) is 7.93. The van der Waals surface area contributed by atoms with Gasteiger partial charge in [-0.25, -0.2) is 0 Å². The monoisotopic (exact) mass is 385 g/mol. The molecule has 0 aromatic carbocycles. The van der Waals surface area contributed by atoms with Crippen LogP contribution in [0.25, 0.3) is 0 Å². The third-order valence-electron chi connectivity index (χ3n) is 3.07. The third-order valence-corrected chi connectivity index (χ3v) is 4.47. The second-order valence-electron chi connectivity index (χ2n) is 4.58. The van der Waals surface area contributed by atoms with Gasteiger partial charge >= 0.3 is 0 Å². The lowest BCUT2D eigenvalue weighted by molar-refractivity contribution is 0.644. The van der Waals surface area contributed by atoms with E-state index < -0.39 is 0 Å². The van der Waals surface area contributed by atoms with Gasteiger partial charge in [0.05, 0.1) is 0 Å². The highest BCUT2D eigenvalue weighted by Crippen LogP contribution is 2.25. The lowest BCUT2D eigenvalue weighted by atomic mass is 10.2. The Morgan fingerprint density at radius 1 is 1.28 bits per heavy atom. The van der Waals surface area contributed by atoms with Crippen molar-refractivity contribution in [3.05, 3.63) is 0 Å². The summed E-state index contributed by atoms with van der Waals surface area (Å²) in [4.78, 5) is 4.25. The average Bonchev–Trinajstić information content (AvgIpc) is 2.86. The molecule has 1 fully saturated rings. The molecule has 5 heteroatoms. The number of nitrogens with one attached hydrogen (secondary N) is 2. The van der Waals surface area contributed by atoms with Crippen molar-refractivity contribution < 1.29 is 0 Å². The van der Waals surface area contributed by atoms with Crippen molar-refractivity contribution in [2.75, 3.05) is 25.9 Å². The topological polar surface area (TPSA) is 36.4 Å². The van der Waals surface area contributed by atoms with Crippen LogP contribution in [-0.4, -0.2) is 37.1 Å². The average molecular weight is 385 g/mol. The van der Waals surface area contributed by atoms with Crippen molar-refractivity contribution in [3.63, 3.8) is 0 Å². The van der Waals surface area contributed by atoms with Crippen molar-refractivity contribution in [2.24, 2.45) is 4.99 Å². The fraction of sp³-hybridized carbons (Fsp3) is 0.923. The SMILES string of the molecule is CCCCCCNC(=NC)NCC1CCCS1.I. The summed E-state index contributed by atoms with van der Waals surface area (Å²) in [5.74, 6) is 2.30. The van der Waals surface area contributed by atoms with Gasteiger partial charge in [-0.1, -0.05) is 26.2 Å². The van der Waals surface area contributed by atoms with Gasteiger partial charge in [-0.15, -0.1) is 24.0 Å². The molecule has 0 spiro atoms. The highest BCUT2D eigenvalue weighted by molar-refractivity contribution is 14.0. The van der Waals surface area contributed by atoms with Gasteiger partial charge in [-0.2, -0.15) is 11.8 Å². The van der Waals surface area contributed by atoms with E-state index >= 15 is 0 Å². The number of nitrogens with zero attached hydrogens (tertiary/aromatic N) is 1. The number of guanidine groups is 1. The van der Waals surface area contributed by atoms with E-state index in [1.807, 2.05) is 7.05 Å². The Bertz CT molecular complexity index is 218. The Labute approximate surface area is 133 Å². The molecule has 108 valence electrons. The molecule has 18 heavy (non-hydrogen) atoms. The predicted octanol–water partition coefficient (Wildman–Crippen LogP) is 3.25. The molecule has 3 nitrogen and oxygen atoms in total. The second kappa shape index (κ2) is 12.4. The minimum atomic E-state index is 0. The molecule has 1 rings (SSSR count). The van der Waals surface area contributed by atoms with Gasteiger partial charge in [0.2, 0.25) is 0 Å². The molecule has 2 N–H and O–H groups in total. The summed E-state index contributed by atoms with van der Waals surface area (Å²) in [5.41, 5.74) is 0. The summed E-state index contributed by atoms with van der Waals surface area (Å²) in [6.45, 7) is 4.34. The van der Waals surface area contributed by atoms with Gasteiger partial charge in [-0.05, 0) is 25.0 Å². The fourth-order valence-corrected chi connectivity index (χ4v) is 3.20. The van der Waals surface area contributed by atoms with E-state index in [1.165, 1.54) is 44.3 Å². The normalized spacial score (nSPS) is 19.4. The van der Waals surface area contributed by atoms with E-state index in [4.69, 9.17) is 0 Å². The van der Waals surface area contributed by atoms with Gasteiger partial charge in [0, 0.05) is 25.4 Å². The molecule has 1 aliphatic heterocycles. The molecular formula is C13H28IN3S. The second-order valence-corrected chi connectivity index (χ2v) is 5.98. The summed E-state index contributed by atoms with van der Waals surface area (Å²) >= 11 is 2.08. The van der Waals surface area contributed by atoms with E-state index in [2.05, 4.69) is 34.3 Å². The molecule has 0 bridgehead atoms. The molecule has 0 aromatic rings. The number of thioether (sulfide) groups is 1. The maximum atomic E-state index is 4.25. The molecule has 0 aliphatic carbocycles. The van der Waals surface area contributed by atoms with Gasteiger partial charge in [0.25, 0.3) is 0 Å². The number of halogens is 1. The van der Waals surface area contributed by atoms with Crippen LogP contribution < -0.4 is 10.6 Å². The molecule has 1 aliphatic rings. The smallest absolute Gasteiger partial charge is 0.191 e. The molecule has 1 saturated heterocycles. The maximum Gasteiger partial charge on any atom is 0.191 e. The van der Waals surface area contributed by atoms with Crippen LogP contribution in [0, 0.1) is 0 Å². The molecule has 1 unspecified atom stereocenters. The molecular weight excluding hydrogens is 357 g/mol. The van der Waals surface area contributed by atoms with Crippen LogP contribution in [0.3, 0.4) is 0 Å². The first-order chi connectivity index (χ1) is 8.36. The number of unbranched alkanes of at least 4 members (excludes halogenated alkanes) is 3. The van der Waals surface area contributed by atoms with Crippen LogP contribution in [0.15, 0.2) is 4.99 Å². The Kier molecular flexibility index (Phi) is 12.6. The first kappa shape index (κ1) is 18.4. The number of rotatable bonds is 7. The van der Waals surface area contributed by atoms with Crippen molar-refractivity contribution >= 4 is 41.7 Å². The highest BCUT2D eigenvalue weighted by Gasteiger charge is 2.15. The molecule has 0 aromatic heterocycles. The van der Waals surface area contributed by atoms with Gasteiger partial charge in [0.15, 0.2) is 5.96 Å². The standard InChI is InChI=1S/C13H27N3S.HI/c1-3-4-5-6-9-15-13(14-2)16-11-12-8-7-10-17-12;/h12H,3-11H2,1-2H3,(H2,14,15,16);1H. The first-order valence-electron chi connectivity index (χ1n) is 6.93. The minimum absolute atomic E-state index is 0. The summed E-state index contributed by atoms with van der Waals surface area (Å²) in [7, 11) is 1.85. The lowest BCUT2D eigenvalue weighted by Crippen LogP contribution is -2.40. The van der Waals surface area contributed by atoms with E-state index in [-0.39, 0.29) is 24.0 Å². The summed E-state index contributed by atoms with van der Waals surface area (Å²) in [6, 6.07) is 0. The van der Waals surface area contributed by atoms with Crippen LogP contribution >= 0.6 is 35.7 Å². The summed E-state index contributed by atoms with van der Waals surface area (Å²) < 4.78 is 0. The molecule has 1 heterocycles. The van der Waals surface area contributed by atoms with Crippen molar-refractivity contribution in [1.82, 2.24) is 10.6 Å². The number of hydrogen-bond donors (Lipinski definition) is 2. The predicted molar refractivity (Wildman–Crippen MR) is 94.4 cm³/mol. The largest absolute Gasteiger partial charge is 0.356 e. The van der Waals surface area contributed by atoms with Gasteiger partial charge in [0.1, 0.15) is 0 Å². The van der Waals surface area contributed by atoms with E-state index in [1.54, 1.807) is 0 Å². The highest BCUT2D eigenvalue weighted by atomic mass is 127. The molecule has 0 radical (unpaired) electrons. The maximum absolute atomic E-state index is 4.25. The fourth-order valence-electron chi connectivity index (χ4n) is 2.00. The molecule has 1 atom stereocenters. The van der Waals surface area contributed by atoms with E-state index in [0.29, 0.717) is 0 Å². The first-order valence-corrected chi connectivity index (χ1v) is 7.97. The number of aliphatic imine (C=N–C) groups is 1. The van der Waals surface area contributed by atoms with Gasteiger partial charge < -0.3 is 10.6 Å². The zero-order valence-corrected chi connectivity index (χ0v) is 14.9. The Morgan fingerprint density at radius 3 is 2.72 bits per heavy atom. The minimum Gasteiger partial charge on any atom is -0.356 e.